The lowest BCUT2D eigenvalue weighted by molar-refractivity contribution is -0.117. The lowest BCUT2D eigenvalue weighted by atomic mass is 9.87. The number of hydrogen-bond acceptors (Lipinski definition) is 3. The summed E-state index contributed by atoms with van der Waals surface area (Å²) in [4.78, 5) is 15.1. The second kappa shape index (κ2) is 6.71. The number of carbonyl (C=O) groups is 1. The summed E-state index contributed by atoms with van der Waals surface area (Å²) in [6, 6.07) is 0.830. The Balaban J connectivity index is 1.89. The Morgan fingerprint density at radius 3 is 3.05 bits per heavy atom. The number of fused-ring (bicyclic) bond motifs is 2. The molecule has 3 aliphatic rings. The van der Waals surface area contributed by atoms with Crippen LogP contribution in [-0.2, 0) is 4.79 Å². The van der Waals surface area contributed by atoms with Gasteiger partial charge in [-0.3, -0.25) is 9.69 Å². The van der Waals surface area contributed by atoms with Crippen LogP contribution in [0, 0.1) is 0 Å². The molecule has 2 aliphatic carbocycles. The molecule has 21 heavy (non-hydrogen) atoms. The molecule has 0 radical (unpaired) electrons. The maximum absolute atomic E-state index is 12.5. The van der Waals surface area contributed by atoms with Crippen molar-refractivity contribution in [2.45, 2.75) is 50.6 Å². The van der Waals surface area contributed by atoms with E-state index in [1.54, 1.807) is 0 Å². The molecule has 0 aromatic rings. The van der Waals surface area contributed by atoms with Crippen molar-refractivity contribution >= 4 is 5.78 Å². The second-order valence-electron chi connectivity index (χ2n) is 6.28. The van der Waals surface area contributed by atoms with Gasteiger partial charge in [-0.2, -0.15) is 0 Å². The number of hydrogen-bond donors (Lipinski definition) is 1. The highest BCUT2D eigenvalue weighted by Gasteiger charge is 2.42. The van der Waals surface area contributed by atoms with Crippen LogP contribution in [0.3, 0.4) is 0 Å². The smallest absolute Gasteiger partial charge is 0.160 e. The molecule has 1 heterocycles. The summed E-state index contributed by atoms with van der Waals surface area (Å²) >= 11 is 0. The van der Waals surface area contributed by atoms with Crippen LogP contribution in [0.1, 0.15) is 38.5 Å². The van der Waals surface area contributed by atoms with Gasteiger partial charge in [-0.1, -0.05) is 24.3 Å². The number of Topliss-reactive ketones (excluding diaryl/α,β-unsaturated/α-hetero) is 1. The number of rotatable bonds is 4. The maximum Gasteiger partial charge on any atom is 0.160 e. The Hall–Kier alpha value is -1.19. The Bertz CT molecular complexity index is 489. The van der Waals surface area contributed by atoms with Crippen molar-refractivity contribution in [1.29, 1.82) is 0 Å². The van der Waals surface area contributed by atoms with E-state index in [1.165, 1.54) is 5.57 Å². The highest BCUT2D eigenvalue weighted by Crippen LogP contribution is 2.40. The SMILES string of the molecule is CNCCCN1C2CCC=CC=CC2=C2C(=O)CCCC21. The third-order valence-corrected chi connectivity index (χ3v) is 4.96. The first-order valence-electron chi connectivity index (χ1n) is 8.33. The van der Waals surface area contributed by atoms with Gasteiger partial charge in [-0.05, 0) is 51.3 Å². The second-order valence-corrected chi connectivity index (χ2v) is 6.28. The van der Waals surface area contributed by atoms with Crippen molar-refractivity contribution in [1.82, 2.24) is 10.2 Å². The van der Waals surface area contributed by atoms with E-state index in [-0.39, 0.29) is 0 Å². The summed E-state index contributed by atoms with van der Waals surface area (Å²) in [6.07, 6.45) is 15.0. The molecule has 114 valence electrons. The minimum atomic E-state index is 0.380. The van der Waals surface area contributed by atoms with E-state index in [0.29, 0.717) is 17.9 Å². The predicted molar refractivity (Wildman–Crippen MR) is 86.2 cm³/mol. The van der Waals surface area contributed by atoms with Crippen LogP contribution in [0.4, 0.5) is 0 Å². The van der Waals surface area contributed by atoms with Crippen LogP contribution >= 0.6 is 0 Å². The van der Waals surface area contributed by atoms with Gasteiger partial charge in [0.1, 0.15) is 0 Å². The van der Waals surface area contributed by atoms with Gasteiger partial charge in [0.25, 0.3) is 0 Å². The molecule has 3 nitrogen and oxygen atoms in total. The molecule has 0 aromatic carbocycles. The summed E-state index contributed by atoms with van der Waals surface area (Å²) in [5, 5.41) is 3.23. The average molecular weight is 286 g/mol. The standard InChI is InChI=1S/C18H26N2O/c1-19-12-7-13-20-15-9-5-3-2-4-8-14(15)18-16(20)10-6-11-17(18)21/h2-4,8,15-16,19H,5-7,9-13H2,1H3. The Morgan fingerprint density at radius 1 is 1.29 bits per heavy atom. The Morgan fingerprint density at radius 2 is 2.19 bits per heavy atom. The van der Waals surface area contributed by atoms with Gasteiger partial charge in [0.15, 0.2) is 5.78 Å². The quantitative estimate of drug-likeness (QED) is 0.806. The van der Waals surface area contributed by atoms with Gasteiger partial charge in [0.2, 0.25) is 0 Å². The Labute approximate surface area is 127 Å². The van der Waals surface area contributed by atoms with E-state index >= 15 is 0 Å². The molecular weight excluding hydrogens is 260 g/mol. The zero-order valence-corrected chi connectivity index (χ0v) is 13.0. The van der Waals surface area contributed by atoms with Crippen LogP contribution in [0.15, 0.2) is 35.5 Å². The highest BCUT2D eigenvalue weighted by molar-refractivity contribution is 5.99. The number of nitrogens with one attached hydrogen (secondary N) is 1. The molecule has 1 fully saturated rings. The van der Waals surface area contributed by atoms with Crippen LogP contribution in [0.5, 0.6) is 0 Å². The van der Waals surface area contributed by atoms with Gasteiger partial charge in [-0.15, -0.1) is 0 Å². The summed E-state index contributed by atoms with van der Waals surface area (Å²) < 4.78 is 0. The van der Waals surface area contributed by atoms with Gasteiger partial charge in [0.05, 0.1) is 0 Å². The Kier molecular flexibility index (Phi) is 4.71. The fourth-order valence-corrected chi connectivity index (χ4v) is 4.04. The van der Waals surface area contributed by atoms with Crippen LogP contribution < -0.4 is 5.32 Å². The first-order chi connectivity index (χ1) is 10.3. The van der Waals surface area contributed by atoms with E-state index in [9.17, 15) is 4.79 Å². The first-order valence-corrected chi connectivity index (χ1v) is 8.33. The highest BCUT2D eigenvalue weighted by atomic mass is 16.1. The molecule has 1 saturated carbocycles. The number of allylic oxidation sites excluding steroid dienone is 3. The lowest BCUT2D eigenvalue weighted by Gasteiger charge is -2.33. The van der Waals surface area contributed by atoms with E-state index in [2.05, 4.69) is 34.5 Å². The average Bonchev–Trinajstić information content (AvgIpc) is 2.73. The van der Waals surface area contributed by atoms with Gasteiger partial charge < -0.3 is 5.32 Å². The van der Waals surface area contributed by atoms with Crippen molar-refractivity contribution in [2.75, 3.05) is 20.1 Å². The van der Waals surface area contributed by atoms with Crippen molar-refractivity contribution in [3.8, 4) is 0 Å². The molecular formula is C18H26N2O. The summed E-state index contributed by atoms with van der Waals surface area (Å²) in [5.74, 6) is 0.400. The fraction of sp³-hybridized carbons (Fsp3) is 0.611. The van der Waals surface area contributed by atoms with Crippen molar-refractivity contribution in [2.24, 2.45) is 0 Å². The molecule has 2 unspecified atom stereocenters. The van der Waals surface area contributed by atoms with Crippen molar-refractivity contribution < 1.29 is 4.79 Å². The molecule has 1 N–H and O–H groups in total. The molecule has 0 bridgehead atoms. The molecule has 0 saturated heterocycles. The molecule has 0 aromatic heterocycles. The summed E-state index contributed by atoms with van der Waals surface area (Å²) in [7, 11) is 2.01. The number of nitrogens with zero attached hydrogens (tertiary/aromatic N) is 1. The minimum Gasteiger partial charge on any atom is -0.320 e. The van der Waals surface area contributed by atoms with E-state index < -0.39 is 0 Å². The van der Waals surface area contributed by atoms with E-state index in [1.807, 2.05) is 7.05 Å². The predicted octanol–water partition coefficient (Wildman–Crippen LogP) is 2.60. The molecule has 0 amide bonds. The fourth-order valence-electron chi connectivity index (χ4n) is 4.04. The summed E-state index contributed by atoms with van der Waals surface area (Å²) in [6.45, 7) is 2.14. The topological polar surface area (TPSA) is 32.3 Å². The minimum absolute atomic E-state index is 0.380. The number of ketones is 1. The zero-order valence-electron chi connectivity index (χ0n) is 13.0. The normalized spacial score (nSPS) is 29.3. The third kappa shape index (κ3) is 2.90. The van der Waals surface area contributed by atoms with Gasteiger partial charge >= 0.3 is 0 Å². The molecule has 0 spiro atoms. The first kappa shape index (κ1) is 14.7. The van der Waals surface area contributed by atoms with E-state index in [4.69, 9.17) is 0 Å². The number of carbonyl (C=O) groups excluding carboxylic acids is 1. The monoisotopic (exact) mass is 286 g/mol. The van der Waals surface area contributed by atoms with Crippen LogP contribution in [0.25, 0.3) is 0 Å². The molecule has 2 atom stereocenters. The zero-order chi connectivity index (χ0) is 14.7. The molecule has 3 rings (SSSR count). The van der Waals surface area contributed by atoms with Crippen molar-refractivity contribution in [3.05, 3.63) is 35.5 Å². The van der Waals surface area contributed by atoms with Gasteiger partial charge in [0, 0.05) is 30.6 Å². The maximum atomic E-state index is 12.5. The lowest BCUT2D eigenvalue weighted by Crippen LogP contribution is -2.42. The molecule has 3 heteroatoms. The van der Waals surface area contributed by atoms with E-state index in [0.717, 1.165) is 57.2 Å². The molecule has 1 aliphatic heterocycles. The largest absolute Gasteiger partial charge is 0.320 e. The van der Waals surface area contributed by atoms with Crippen LogP contribution in [0.2, 0.25) is 0 Å². The third-order valence-electron chi connectivity index (χ3n) is 4.96. The van der Waals surface area contributed by atoms with Crippen LogP contribution in [-0.4, -0.2) is 42.9 Å². The van der Waals surface area contributed by atoms with Crippen molar-refractivity contribution in [3.63, 3.8) is 0 Å². The summed E-state index contributed by atoms with van der Waals surface area (Å²) in [5.41, 5.74) is 2.46. The van der Waals surface area contributed by atoms with Gasteiger partial charge in [-0.25, -0.2) is 0 Å².